The minimum Gasteiger partial charge on any atom is -0.327 e. The van der Waals surface area contributed by atoms with Crippen LogP contribution >= 0.6 is 15.9 Å². The van der Waals surface area contributed by atoms with Gasteiger partial charge in [-0.05, 0) is 44.0 Å². The molecule has 0 saturated carbocycles. The van der Waals surface area contributed by atoms with Crippen LogP contribution in [0, 0.1) is 5.82 Å². The molecule has 18 heavy (non-hydrogen) atoms. The SMILES string of the molecule is CC(N)C1CCCCN1Cc1ccc(F)cc1Br. The van der Waals surface area contributed by atoms with Crippen LogP contribution in [0.1, 0.15) is 31.7 Å². The predicted octanol–water partition coefficient (Wildman–Crippen LogP) is 3.29. The maximum absolute atomic E-state index is 13.1. The fourth-order valence-corrected chi connectivity index (χ4v) is 3.15. The molecular weight excluding hydrogens is 295 g/mol. The summed E-state index contributed by atoms with van der Waals surface area (Å²) in [5, 5.41) is 0. The Morgan fingerprint density at radius 2 is 2.28 bits per heavy atom. The normalized spacial score (nSPS) is 23.0. The number of hydrogen-bond acceptors (Lipinski definition) is 2. The Kier molecular flexibility index (Phi) is 4.76. The van der Waals surface area contributed by atoms with Crippen LogP contribution in [0.4, 0.5) is 4.39 Å². The molecule has 1 aromatic carbocycles. The minimum atomic E-state index is -0.201. The van der Waals surface area contributed by atoms with Gasteiger partial charge in [-0.25, -0.2) is 4.39 Å². The maximum Gasteiger partial charge on any atom is 0.124 e. The Morgan fingerprint density at radius 1 is 1.50 bits per heavy atom. The summed E-state index contributed by atoms with van der Waals surface area (Å²) in [6.07, 6.45) is 3.64. The van der Waals surface area contributed by atoms with Crippen LogP contribution in [0.3, 0.4) is 0 Å². The number of likely N-dealkylation sites (tertiary alicyclic amines) is 1. The third kappa shape index (κ3) is 3.31. The lowest BCUT2D eigenvalue weighted by Gasteiger charge is -2.38. The molecule has 1 aromatic rings. The van der Waals surface area contributed by atoms with E-state index in [1.54, 1.807) is 0 Å². The van der Waals surface area contributed by atoms with Gasteiger partial charge in [0.15, 0.2) is 0 Å². The molecule has 0 radical (unpaired) electrons. The van der Waals surface area contributed by atoms with Gasteiger partial charge in [0.25, 0.3) is 0 Å². The third-order valence-electron chi connectivity index (χ3n) is 3.66. The predicted molar refractivity (Wildman–Crippen MR) is 75.8 cm³/mol. The summed E-state index contributed by atoms with van der Waals surface area (Å²) in [7, 11) is 0. The van der Waals surface area contributed by atoms with Crippen molar-refractivity contribution in [2.24, 2.45) is 5.73 Å². The molecule has 0 amide bonds. The van der Waals surface area contributed by atoms with Gasteiger partial charge in [-0.1, -0.05) is 28.4 Å². The first kappa shape index (κ1) is 14.0. The zero-order valence-corrected chi connectivity index (χ0v) is 12.3. The van der Waals surface area contributed by atoms with Crippen molar-refractivity contribution in [2.75, 3.05) is 6.54 Å². The van der Waals surface area contributed by atoms with E-state index in [0.29, 0.717) is 6.04 Å². The highest BCUT2D eigenvalue weighted by Crippen LogP contribution is 2.25. The summed E-state index contributed by atoms with van der Waals surface area (Å²) in [5.74, 6) is -0.201. The summed E-state index contributed by atoms with van der Waals surface area (Å²) < 4.78 is 13.9. The molecule has 0 aliphatic carbocycles. The van der Waals surface area contributed by atoms with Gasteiger partial charge in [0.2, 0.25) is 0 Å². The average Bonchev–Trinajstić information content (AvgIpc) is 2.33. The molecule has 0 bridgehead atoms. The van der Waals surface area contributed by atoms with Crippen molar-refractivity contribution >= 4 is 15.9 Å². The summed E-state index contributed by atoms with van der Waals surface area (Å²) in [6, 6.07) is 5.53. The van der Waals surface area contributed by atoms with Crippen LogP contribution in [0.15, 0.2) is 22.7 Å². The first-order valence-corrected chi connectivity index (χ1v) is 7.31. The Hall–Kier alpha value is -0.450. The fourth-order valence-electron chi connectivity index (χ4n) is 2.68. The molecule has 0 aromatic heterocycles. The van der Waals surface area contributed by atoms with E-state index in [1.165, 1.54) is 25.0 Å². The molecule has 0 spiro atoms. The average molecular weight is 315 g/mol. The van der Waals surface area contributed by atoms with Crippen LogP contribution in [0.25, 0.3) is 0 Å². The van der Waals surface area contributed by atoms with Crippen molar-refractivity contribution in [2.45, 2.75) is 44.8 Å². The van der Waals surface area contributed by atoms with Crippen LogP contribution in [0.2, 0.25) is 0 Å². The molecule has 1 aliphatic rings. The van der Waals surface area contributed by atoms with Crippen molar-refractivity contribution in [3.8, 4) is 0 Å². The molecule has 100 valence electrons. The van der Waals surface area contributed by atoms with Crippen LogP contribution < -0.4 is 5.73 Å². The quantitative estimate of drug-likeness (QED) is 0.927. The molecule has 1 saturated heterocycles. The Bertz CT molecular complexity index is 409. The minimum absolute atomic E-state index is 0.185. The molecule has 1 heterocycles. The van der Waals surface area contributed by atoms with E-state index in [2.05, 4.69) is 27.8 Å². The van der Waals surface area contributed by atoms with Crippen molar-refractivity contribution in [3.05, 3.63) is 34.1 Å². The largest absolute Gasteiger partial charge is 0.327 e. The van der Waals surface area contributed by atoms with Crippen LogP contribution in [-0.2, 0) is 6.54 Å². The molecule has 2 unspecified atom stereocenters. The second kappa shape index (κ2) is 6.13. The highest BCUT2D eigenvalue weighted by molar-refractivity contribution is 9.10. The van der Waals surface area contributed by atoms with Gasteiger partial charge in [-0.2, -0.15) is 0 Å². The van der Waals surface area contributed by atoms with Gasteiger partial charge in [-0.3, -0.25) is 4.90 Å². The lowest BCUT2D eigenvalue weighted by atomic mass is 9.96. The summed E-state index contributed by atoms with van der Waals surface area (Å²) in [5.41, 5.74) is 7.19. The van der Waals surface area contributed by atoms with Crippen LogP contribution in [0.5, 0.6) is 0 Å². The highest BCUT2D eigenvalue weighted by atomic mass is 79.9. The first-order valence-electron chi connectivity index (χ1n) is 6.51. The summed E-state index contributed by atoms with van der Waals surface area (Å²) in [6.45, 7) is 3.99. The van der Waals surface area contributed by atoms with Crippen molar-refractivity contribution in [3.63, 3.8) is 0 Å². The van der Waals surface area contributed by atoms with Gasteiger partial charge < -0.3 is 5.73 Å². The molecule has 2 N–H and O–H groups in total. The third-order valence-corrected chi connectivity index (χ3v) is 4.40. The Balaban J connectivity index is 2.11. The zero-order valence-electron chi connectivity index (χ0n) is 10.7. The van der Waals surface area contributed by atoms with E-state index >= 15 is 0 Å². The van der Waals surface area contributed by atoms with Crippen molar-refractivity contribution in [1.29, 1.82) is 0 Å². The van der Waals surface area contributed by atoms with Crippen LogP contribution in [-0.4, -0.2) is 23.5 Å². The number of rotatable bonds is 3. The number of piperidine rings is 1. The standard InChI is InChI=1S/C14H20BrFN2/c1-10(17)14-4-2-3-7-18(14)9-11-5-6-12(16)8-13(11)15/h5-6,8,10,14H,2-4,7,9,17H2,1H3. The topological polar surface area (TPSA) is 29.3 Å². The molecule has 1 fully saturated rings. The Morgan fingerprint density at radius 3 is 2.94 bits per heavy atom. The number of nitrogens with zero attached hydrogens (tertiary/aromatic N) is 1. The lowest BCUT2D eigenvalue weighted by molar-refractivity contribution is 0.122. The molecule has 2 atom stereocenters. The molecular formula is C14H20BrFN2. The van der Waals surface area contributed by atoms with E-state index in [9.17, 15) is 4.39 Å². The van der Waals surface area contributed by atoms with Gasteiger partial charge in [0, 0.05) is 23.1 Å². The smallest absolute Gasteiger partial charge is 0.124 e. The Labute approximate surface area is 116 Å². The van der Waals surface area contributed by atoms with Crippen molar-refractivity contribution < 1.29 is 4.39 Å². The first-order chi connectivity index (χ1) is 8.58. The van der Waals surface area contributed by atoms with Gasteiger partial charge in [0.1, 0.15) is 5.82 Å². The molecule has 1 aliphatic heterocycles. The van der Waals surface area contributed by atoms with Gasteiger partial charge >= 0.3 is 0 Å². The number of hydrogen-bond donors (Lipinski definition) is 1. The number of nitrogens with two attached hydrogens (primary N) is 1. The van der Waals surface area contributed by atoms with Gasteiger partial charge in [-0.15, -0.1) is 0 Å². The molecule has 2 nitrogen and oxygen atoms in total. The van der Waals surface area contributed by atoms with Gasteiger partial charge in [0.05, 0.1) is 0 Å². The monoisotopic (exact) mass is 314 g/mol. The second-order valence-electron chi connectivity index (χ2n) is 5.13. The fraction of sp³-hybridized carbons (Fsp3) is 0.571. The van der Waals surface area contributed by atoms with E-state index in [4.69, 9.17) is 5.73 Å². The molecule has 4 heteroatoms. The zero-order chi connectivity index (χ0) is 13.1. The van der Waals surface area contributed by atoms with E-state index in [-0.39, 0.29) is 11.9 Å². The van der Waals surface area contributed by atoms with E-state index in [1.807, 2.05) is 6.07 Å². The molecule has 2 rings (SSSR count). The lowest BCUT2D eigenvalue weighted by Crippen LogP contribution is -2.48. The number of benzene rings is 1. The second-order valence-corrected chi connectivity index (χ2v) is 5.98. The van der Waals surface area contributed by atoms with Crippen molar-refractivity contribution in [1.82, 2.24) is 4.90 Å². The highest BCUT2D eigenvalue weighted by Gasteiger charge is 2.25. The maximum atomic E-state index is 13.1. The van der Waals surface area contributed by atoms with E-state index < -0.39 is 0 Å². The summed E-state index contributed by atoms with van der Waals surface area (Å²) >= 11 is 3.43. The summed E-state index contributed by atoms with van der Waals surface area (Å²) in [4.78, 5) is 2.42. The van der Waals surface area contributed by atoms with E-state index in [0.717, 1.165) is 29.5 Å². The number of halogens is 2.